The lowest BCUT2D eigenvalue weighted by Gasteiger charge is -2.10. The summed E-state index contributed by atoms with van der Waals surface area (Å²) in [5.41, 5.74) is 11.1. The molecule has 1 nitrogen and oxygen atoms in total. The summed E-state index contributed by atoms with van der Waals surface area (Å²) in [5.74, 6) is 0.993. The van der Waals surface area contributed by atoms with E-state index in [4.69, 9.17) is 5.73 Å². The largest absolute Gasteiger partial charge is 0.324 e. The zero-order valence-corrected chi connectivity index (χ0v) is 14.5. The summed E-state index contributed by atoms with van der Waals surface area (Å²) in [7, 11) is 0. The Kier molecular flexibility index (Phi) is 5.30. The van der Waals surface area contributed by atoms with Gasteiger partial charge in [0, 0.05) is 21.2 Å². The van der Waals surface area contributed by atoms with Gasteiger partial charge in [-0.2, -0.15) is 0 Å². The second kappa shape index (κ2) is 6.79. The van der Waals surface area contributed by atoms with Crippen LogP contribution < -0.4 is 5.73 Å². The van der Waals surface area contributed by atoms with Gasteiger partial charge in [-0.1, -0.05) is 51.3 Å². The average molecular weight is 350 g/mol. The first-order valence-corrected chi connectivity index (χ1v) is 8.48. The van der Waals surface area contributed by atoms with Gasteiger partial charge < -0.3 is 5.73 Å². The van der Waals surface area contributed by atoms with E-state index in [1.54, 1.807) is 0 Å². The van der Waals surface area contributed by atoms with Crippen molar-refractivity contribution < 1.29 is 0 Å². The van der Waals surface area contributed by atoms with Crippen molar-refractivity contribution in [3.8, 4) is 0 Å². The summed E-state index contributed by atoms with van der Waals surface area (Å²) in [6, 6.07) is 13.2. The molecule has 0 aromatic heterocycles. The molecule has 0 aliphatic rings. The zero-order valence-electron chi connectivity index (χ0n) is 12.1. The quantitative estimate of drug-likeness (QED) is 0.750. The van der Waals surface area contributed by atoms with Gasteiger partial charge in [0.25, 0.3) is 0 Å². The van der Waals surface area contributed by atoms with Crippen LogP contribution in [-0.4, -0.2) is 0 Å². The molecular weight excluding hydrogens is 330 g/mol. The average Bonchev–Trinajstić information content (AvgIpc) is 2.35. The standard InChI is InChI=1S/C17H20BrNS/c1-11-6-12(2)8-14(7-11)10-20-15-4-5-16(13(3)19)17(18)9-15/h4-9,13H,10,19H2,1-3H3/t13-/m0/s1. The maximum atomic E-state index is 5.93. The Labute approximate surface area is 134 Å². The van der Waals surface area contributed by atoms with Gasteiger partial charge in [-0.15, -0.1) is 11.8 Å². The van der Waals surface area contributed by atoms with Crippen molar-refractivity contribution in [2.45, 2.75) is 37.5 Å². The monoisotopic (exact) mass is 349 g/mol. The third-order valence-corrected chi connectivity index (χ3v) is 4.90. The number of hydrogen-bond acceptors (Lipinski definition) is 2. The van der Waals surface area contributed by atoms with Crippen LogP contribution in [0, 0.1) is 13.8 Å². The lowest BCUT2D eigenvalue weighted by Crippen LogP contribution is -2.05. The van der Waals surface area contributed by atoms with E-state index in [1.165, 1.54) is 21.6 Å². The van der Waals surface area contributed by atoms with E-state index in [0.29, 0.717) is 0 Å². The Hall–Kier alpha value is -0.770. The first-order chi connectivity index (χ1) is 9.45. The third kappa shape index (κ3) is 4.11. The van der Waals surface area contributed by atoms with Crippen LogP contribution in [-0.2, 0) is 5.75 Å². The van der Waals surface area contributed by atoms with Gasteiger partial charge >= 0.3 is 0 Å². The maximum absolute atomic E-state index is 5.93. The second-order valence-corrected chi connectivity index (χ2v) is 7.16. The highest BCUT2D eigenvalue weighted by Crippen LogP contribution is 2.30. The van der Waals surface area contributed by atoms with Crippen LogP contribution in [0.3, 0.4) is 0 Å². The van der Waals surface area contributed by atoms with Crippen molar-refractivity contribution >= 4 is 27.7 Å². The van der Waals surface area contributed by atoms with Crippen molar-refractivity contribution in [2.24, 2.45) is 5.73 Å². The molecule has 3 heteroatoms. The molecule has 0 saturated carbocycles. The van der Waals surface area contributed by atoms with Crippen molar-refractivity contribution in [1.29, 1.82) is 0 Å². The molecule has 2 aromatic rings. The fraction of sp³-hybridized carbons (Fsp3) is 0.294. The van der Waals surface area contributed by atoms with Gasteiger partial charge in [-0.05, 0) is 44.0 Å². The molecule has 0 heterocycles. The minimum Gasteiger partial charge on any atom is -0.324 e. The fourth-order valence-electron chi connectivity index (χ4n) is 2.29. The number of rotatable bonds is 4. The van der Waals surface area contributed by atoms with Crippen LogP contribution in [0.4, 0.5) is 0 Å². The van der Waals surface area contributed by atoms with Crippen molar-refractivity contribution in [2.75, 3.05) is 0 Å². The van der Waals surface area contributed by atoms with Crippen LogP contribution in [0.2, 0.25) is 0 Å². The number of halogens is 1. The normalized spacial score (nSPS) is 12.4. The number of thioether (sulfide) groups is 1. The molecule has 20 heavy (non-hydrogen) atoms. The van der Waals surface area contributed by atoms with E-state index < -0.39 is 0 Å². The predicted octanol–water partition coefficient (Wildman–Crippen LogP) is 5.38. The van der Waals surface area contributed by atoms with E-state index in [0.717, 1.165) is 15.8 Å². The van der Waals surface area contributed by atoms with E-state index in [-0.39, 0.29) is 6.04 Å². The molecule has 1 atom stereocenters. The van der Waals surface area contributed by atoms with Gasteiger partial charge in [-0.3, -0.25) is 0 Å². The van der Waals surface area contributed by atoms with E-state index in [9.17, 15) is 0 Å². The second-order valence-electron chi connectivity index (χ2n) is 5.26. The van der Waals surface area contributed by atoms with Gasteiger partial charge in [0.15, 0.2) is 0 Å². The number of hydrogen-bond donors (Lipinski definition) is 1. The lowest BCUT2D eigenvalue weighted by atomic mass is 10.1. The van der Waals surface area contributed by atoms with Crippen molar-refractivity contribution in [3.05, 3.63) is 63.1 Å². The first kappa shape index (κ1) is 15.6. The van der Waals surface area contributed by atoms with Gasteiger partial charge in [0.1, 0.15) is 0 Å². The van der Waals surface area contributed by atoms with E-state index in [1.807, 2.05) is 18.7 Å². The molecule has 0 fully saturated rings. The van der Waals surface area contributed by atoms with Crippen molar-refractivity contribution in [3.63, 3.8) is 0 Å². The molecule has 2 aromatic carbocycles. The Bertz CT molecular complexity index is 588. The molecule has 0 unspecified atom stereocenters. The molecule has 106 valence electrons. The fourth-order valence-corrected chi connectivity index (χ4v) is 4.04. The first-order valence-electron chi connectivity index (χ1n) is 6.70. The Morgan fingerprint density at radius 2 is 1.75 bits per heavy atom. The van der Waals surface area contributed by atoms with Crippen LogP contribution >= 0.6 is 27.7 Å². The van der Waals surface area contributed by atoms with Crippen LogP contribution in [0.1, 0.15) is 35.2 Å². The molecule has 2 rings (SSSR count). The third-order valence-electron chi connectivity index (χ3n) is 3.15. The lowest BCUT2D eigenvalue weighted by molar-refractivity contribution is 0.811. The molecule has 0 bridgehead atoms. The SMILES string of the molecule is Cc1cc(C)cc(CSc2ccc([C@H](C)N)c(Br)c2)c1. The minimum atomic E-state index is 0.0582. The van der Waals surface area contributed by atoms with Crippen LogP contribution in [0.5, 0.6) is 0 Å². The van der Waals surface area contributed by atoms with Crippen LogP contribution in [0.15, 0.2) is 45.8 Å². The molecule has 0 aliphatic heterocycles. The van der Waals surface area contributed by atoms with Crippen molar-refractivity contribution in [1.82, 2.24) is 0 Å². The molecule has 0 radical (unpaired) electrons. The van der Waals surface area contributed by atoms with E-state index >= 15 is 0 Å². The number of aryl methyl sites for hydroxylation is 2. The molecule has 0 saturated heterocycles. The molecule has 2 N–H and O–H groups in total. The Balaban J connectivity index is 2.09. The number of benzene rings is 2. The van der Waals surface area contributed by atoms with Crippen LogP contribution in [0.25, 0.3) is 0 Å². The topological polar surface area (TPSA) is 26.0 Å². The highest BCUT2D eigenvalue weighted by Gasteiger charge is 2.06. The molecular formula is C17H20BrNS. The smallest absolute Gasteiger partial charge is 0.0277 e. The summed E-state index contributed by atoms with van der Waals surface area (Å²) in [6.45, 7) is 6.30. The summed E-state index contributed by atoms with van der Waals surface area (Å²) in [4.78, 5) is 1.26. The van der Waals surface area contributed by atoms with Gasteiger partial charge in [-0.25, -0.2) is 0 Å². The summed E-state index contributed by atoms with van der Waals surface area (Å²) in [6.07, 6.45) is 0. The maximum Gasteiger partial charge on any atom is 0.0277 e. The summed E-state index contributed by atoms with van der Waals surface area (Å²) in [5, 5.41) is 0. The number of nitrogens with two attached hydrogens (primary N) is 1. The zero-order chi connectivity index (χ0) is 14.7. The molecule has 0 spiro atoms. The molecule has 0 aliphatic carbocycles. The molecule has 0 amide bonds. The highest BCUT2D eigenvalue weighted by molar-refractivity contribution is 9.10. The Morgan fingerprint density at radius 3 is 2.30 bits per heavy atom. The Morgan fingerprint density at radius 1 is 1.10 bits per heavy atom. The highest BCUT2D eigenvalue weighted by atomic mass is 79.9. The van der Waals surface area contributed by atoms with E-state index in [2.05, 4.69) is 66.2 Å². The minimum absolute atomic E-state index is 0.0582. The summed E-state index contributed by atoms with van der Waals surface area (Å²) < 4.78 is 1.10. The predicted molar refractivity (Wildman–Crippen MR) is 92.2 cm³/mol. The van der Waals surface area contributed by atoms with Gasteiger partial charge in [0.2, 0.25) is 0 Å². The van der Waals surface area contributed by atoms with Gasteiger partial charge in [0.05, 0.1) is 0 Å². The summed E-state index contributed by atoms with van der Waals surface area (Å²) >= 11 is 5.46.